The number of hydrogen-bond acceptors (Lipinski definition) is 4. The van der Waals surface area contributed by atoms with Gasteiger partial charge >= 0.3 is 0 Å². The smallest absolute Gasteiger partial charge is 0.243 e. The Morgan fingerprint density at radius 3 is 2.45 bits per heavy atom. The first-order valence-electron chi connectivity index (χ1n) is 6.85. The van der Waals surface area contributed by atoms with E-state index >= 15 is 0 Å². The first kappa shape index (κ1) is 15.4. The third-order valence-electron chi connectivity index (χ3n) is 3.88. The highest BCUT2D eigenvalue weighted by molar-refractivity contribution is 7.89. The molecule has 0 aromatic heterocycles. The number of benzene rings is 1. The third kappa shape index (κ3) is 3.20. The minimum absolute atomic E-state index is 0.0715. The van der Waals surface area contributed by atoms with Crippen molar-refractivity contribution < 1.29 is 13.5 Å². The molecule has 2 rings (SSSR count). The van der Waals surface area contributed by atoms with Gasteiger partial charge in [-0.25, -0.2) is 8.42 Å². The van der Waals surface area contributed by atoms with Crippen LogP contribution in [0.15, 0.2) is 29.2 Å². The number of aliphatic hydroxyl groups excluding tert-OH is 1. The highest BCUT2D eigenvalue weighted by Crippen LogP contribution is 2.20. The molecule has 1 fully saturated rings. The van der Waals surface area contributed by atoms with E-state index in [0.717, 1.165) is 12.1 Å². The van der Waals surface area contributed by atoms with Gasteiger partial charge in [0.15, 0.2) is 0 Å². The van der Waals surface area contributed by atoms with E-state index in [1.807, 2.05) is 14.0 Å². The van der Waals surface area contributed by atoms with E-state index in [1.54, 1.807) is 28.6 Å². The van der Waals surface area contributed by atoms with Gasteiger partial charge in [-0.3, -0.25) is 0 Å². The number of piperazine rings is 1. The second kappa shape index (κ2) is 6.22. The summed E-state index contributed by atoms with van der Waals surface area (Å²) in [6.45, 7) is 3.91. The first-order valence-corrected chi connectivity index (χ1v) is 8.29. The summed E-state index contributed by atoms with van der Waals surface area (Å²) < 4.78 is 26.7. The molecule has 6 heteroatoms. The average Bonchev–Trinajstić information content (AvgIpc) is 2.43. The van der Waals surface area contributed by atoms with Crippen molar-refractivity contribution in [3.63, 3.8) is 0 Å². The Labute approximate surface area is 120 Å². The van der Waals surface area contributed by atoms with Gasteiger partial charge in [0.2, 0.25) is 10.0 Å². The van der Waals surface area contributed by atoms with Gasteiger partial charge in [0, 0.05) is 32.3 Å². The zero-order valence-corrected chi connectivity index (χ0v) is 12.8. The van der Waals surface area contributed by atoms with Crippen LogP contribution in [0.2, 0.25) is 0 Å². The minimum atomic E-state index is -3.41. The zero-order valence-electron chi connectivity index (χ0n) is 12.0. The fraction of sp³-hybridized carbons (Fsp3) is 0.571. The highest BCUT2D eigenvalue weighted by Gasteiger charge is 2.30. The van der Waals surface area contributed by atoms with E-state index in [0.29, 0.717) is 24.4 Å². The van der Waals surface area contributed by atoms with E-state index in [-0.39, 0.29) is 12.6 Å². The molecule has 20 heavy (non-hydrogen) atoms. The Hall–Kier alpha value is -0.950. The zero-order chi connectivity index (χ0) is 14.8. The van der Waals surface area contributed by atoms with Crippen molar-refractivity contribution in [2.24, 2.45) is 0 Å². The molecule has 1 aliphatic heterocycles. The van der Waals surface area contributed by atoms with Gasteiger partial charge in [0.1, 0.15) is 0 Å². The third-order valence-corrected chi connectivity index (χ3v) is 5.76. The quantitative estimate of drug-likeness (QED) is 0.882. The van der Waals surface area contributed by atoms with Crippen molar-refractivity contribution in [2.45, 2.75) is 24.3 Å². The van der Waals surface area contributed by atoms with Crippen LogP contribution in [0.3, 0.4) is 0 Å². The standard InChI is InChI=1S/C14H22N2O3S/c1-12-11-16(9-8-15(12)2)20(18,19)14-5-3-13(4-6-14)7-10-17/h3-6,12,17H,7-11H2,1-2H3. The number of sulfonamides is 1. The fourth-order valence-corrected chi connectivity index (χ4v) is 3.85. The van der Waals surface area contributed by atoms with Crippen molar-refractivity contribution in [1.29, 1.82) is 0 Å². The van der Waals surface area contributed by atoms with Crippen molar-refractivity contribution in [3.8, 4) is 0 Å². The van der Waals surface area contributed by atoms with Crippen LogP contribution in [-0.2, 0) is 16.4 Å². The Bertz CT molecular complexity index is 542. The van der Waals surface area contributed by atoms with Crippen molar-refractivity contribution in [3.05, 3.63) is 29.8 Å². The van der Waals surface area contributed by atoms with Gasteiger partial charge in [-0.15, -0.1) is 0 Å². The molecular formula is C14H22N2O3S. The van der Waals surface area contributed by atoms with Gasteiger partial charge in [-0.1, -0.05) is 12.1 Å². The Kier molecular flexibility index (Phi) is 4.80. The molecule has 1 aromatic rings. The molecule has 0 amide bonds. The van der Waals surface area contributed by atoms with Gasteiger partial charge < -0.3 is 10.0 Å². The van der Waals surface area contributed by atoms with Gasteiger partial charge in [-0.05, 0) is 38.1 Å². The lowest BCUT2D eigenvalue weighted by Crippen LogP contribution is -2.51. The molecule has 1 atom stereocenters. The maximum Gasteiger partial charge on any atom is 0.243 e. The van der Waals surface area contributed by atoms with Crippen LogP contribution in [-0.4, -0.2) is 62.1 Å². The molecular weight excluding hydrogens is 276 g/mol. The lowest BCUT2D eigenvalue weighted by Gasteiger charge is -2.36. The topological polar surface area (TPSA) is 60.9 Å². The predicted octanol–water partition coefficient (Wildman–Crippen LogP) is 0.546. The molecule has 1 aliphatic rings. The van der Waals surface area contributed by atoms with Crippen LogP contribution in [0.1, 0.15) is 12.5 Å². The molecule has 5 nitrogen and oxygen atoms in total. The van der Waals surface area contributed by atoms with Crippen LogP contribution in [0.4, 0.5) is 0 Å². The second-order valence-electron chi connectivity index (χ2n) is 5.31. The van der Waals surface area contributed by atoms with E-state index in [4.69, 9.17) is 5.11 Å². The summed E-state index contributed by atoms with van der Waals surface area (Å²) in [5, 5.41) is 8.88. The van der Waals surface area contributed by atoms with Crippen LogP contribution < -0.4 is 0 Å². The molecule has 1 heterocycles. The molecule has 0 bridgehead atoms. The van der Waals surface area contributed by atoms with E-state index in [2.05, 4.69) is 4.90 Å². The lowest BCUT2D eigenvalue weighted by molar-refractivity contribution is 0.159. The van der Waals surface area contributed by atoms with Gasteiger partial charge in [0.05, 0.1) is 4.90 Å². The number of hydrogen-bond donors (Lipinski definition) is 1. The summed E-state index contributed by atoms with van der Waals surface area (Å²) in [7, 11) is -1.39. The maximum atomic E-state index is 12.6. The number of nitrogens with zero attached hydrogens (tertiary/aromatic N) is 2. The first-order chi connectivity index (χ1) is 9.45. The molecule has 112 valence electrons. The summed E-state index contributed by atoms with van der Waals surface area (Å²) >= 11 is 0. The number of aliphatic hydroxyl groups is 1. The van der Waals surface area contributed by atoms with Crippen LogP contribution in [0.5, 0.6) is 0 Å². The molecule has 1 saturated heterocycles. The maximum absolute atomic E-state index is 12.6. The van der Waals surface area contributed by atoms with E-state index in [9.17, 15) is 8.42 Å². The Balaban J connectivity index is 2.17. The SMILES string of the molecule is CC1CN(S(=O)(=O)c2ccc(CCO)cc2)CCN1C. The molecule has 0 spiro atoms. The summed E-state index contributed by atoms with van der Waals surface area (Å²) in [5.41, 5.74) is 0.943. The molecule has 1 aromatic carbocycles. The van der Waals surface area contributed by atoms with Crippen LogP contribution >= 0.6 is 0 Å². The predicted molar refractivity (Wildman–Crippen MR) is 78.1 cm³/mol. The van der Waals surface area contributed by atoms with Gasteiger partial charge in [-0.2, -0.15) is 4.31 Å². The van der Waals surface area contributed by atoms with Gasteiger partial charge in [0.25, 0.3) is 0 Å². The average molecular weight is 298 g/mol. The molecule has 0 saturated carbocycles. The fourth-order valence-electron chi connectivity index (χ4n) is 2.34. The summed E-state index contributed by atoms with van der Waals surface area (Å²) in [4.78, 5) is 2.49. The summed E-state index contributed by atoms with van der Waals surface area (Å²) in [6, 6.07) is 7.02. The monoisotopic (exact) mass is 298 g/mol. The Morgan fingerprint density at radius 2 is 1.90 bits per heavy atom. The highest BCUT2D eigenvalue weighted by atomic mass is 32.2. The van der Waals surface area contributed by atoms with Crippen molar-refractivity contribution in [2.75, 3.05) is 33.3 Å². The second-order valence-corrected chi connectivity index (χ2v) is 7.25. The summed E-state index contributed by atoms with van der Waals surface area (Å²) in [5.74, 6) is 0. The van der Waals surface area contributed by atoms with Crippen molar-refractivity contribution >= 4 is 10.0 Å². The molecule has 1 unspecified atom stereocenters. The van der Waals surface area contributed by atoms with E-state index < -0.39 is 10.0 Å². The lowest BCUT2D eigenvalue weighted by atomic mass is 10.2. The van der Waals surface area contributed by atoms with Crippen molar-refractivity contribution in [1.82, 2.24) is 9.21 Å². The minimum Gasteiger partial charge on any atom is -0.396 e. The number of rotatable bonds is 4. The largest absolute Gasteiger partial charge is 0.396 e. The molecule has 0 radical (unpaired) electrons. The Morgan fingerprint density at radius 1 is 1.25 bits per heavy atom. The number of likely N-dealkylation sites (N-methyl/N-ethyl adjacent to an activating group) is 1. The normalized spacial score (nSPS) is 22.1. The summed E-state index contributed by atoms with van der Waals surface area (Å²) in [6.07, 6.45) is 0.547. The molecule has 1 N–H and O–H groups in total. The van der Waals surface area contributed by atoms with Crippen LogP contribution in [0.25, 0.3) is 0 Å². The van der Waals surface area contributed by atoms with E-state index in [1.165, 1.54) is 0 Å². The molecule has 0 aliphatic carbocycles. The van der Waals surface area contributed by atoms with Crippen LogP contribution in [0, 0.1) is 0 Å².